The molecule has 0 spiro atoms. The van der Waals surface area contributed by atoms with Crippen molar-refractivity contribution in [1.82, 2.24) is 15.3 Å². The smallest absolute Gasteiger partial charge is 0.272 e. The lowest BCUT2D eigenvalue weighted by Gasteiger charge is -2.14. The molecule has 31 heavy (non-hydrogen) atoms. The molecule has 0 unspecified atom stereocenters. The minimum atomic E-state index is -0.341. The molecular formula is C23H20BrN5O2. The molecule has 2 amide bonds. The van der Waals surface area contributed by atoms with E-state index in [0.717, 1.165) is 26.6 Å². The summed E-state index contributed by atoms with van der Waals surface area (Å²) in [4.78, 5) is 32.6. The lowest BCUT2D eigenvalue weighted by molar-refractivity contribution is 0.0961. The third-order valence-electron chi connectivity index (χ3n) is 4.88. The van der Waals surface area contributed by atoms with E-state index in [1.54, 1.807) is 19.2 Å². The molecule has 0 bridgehead atoms. The largest absolute Gasteiger partial charge is 0.355 e. The summed E-state index contributed by atoms with van der Waals surface area (Å²) < 4.78 is 0.894. The van der Waals surface area contributed by atoms with Gasteiger partial charge in [-0.05, 0) is 42.8 Å². The number of nitrogens with one attached hydrogen (secondary N) is 4. The summed E-state index contributed by atoms with van der Waals surface area (Å²) in [5.41, 5.74) is 3.86. The highest BCUT2D eigenvalue weighted by atomic mass is 79.9. The molecule has 0 atom stereocenters. The second kappa shape index (κ2) is 8.61. The van der Waals surface area contributed by atoms with Crippen molar-refractivity contribution >= 4 is 55.8 Å². The van der Waals surface area contributed by atoms with Gasteiger partial charge in [-0.25, -0.2) is 4.98 Å². The summed E-state index contributed by atoms with van der Waals surface area (Å²) >= 11 is 3.50. The van der Waals surface area contributed by atoms with Gasteiger partial charge in [-0.1, -0.05) is 40.2 Å². The molecule has 2 aromatic heterocycles. The molecule has 0 aliphatic carbocycles. The Morgan fingerprint density at radius 1 is 1.00 bits per heavy atom. The summed E-state index contributed by atoms with van der Waals surface area (Å²) in [6.07, 6.45) is 1.47. The normalized spacial score (nSPS) is 10.7. The van der Waals surface area contributed by atoms with Crippen LogP contribution in [0.4, 0.5) is 17.2 Å². The van der Waals surface area contributed by atoms with E-state index in [4.69, 9.17) is 0 Å². The van der Waals surface area contributed by atoms with Crippen LogP contribution in [0.25, 0.3) is 10.9 Å². The van der Waals surface area contributed by atoms with Gasteiger partial charge in [0.15, 0.2) is 5.82 Å². The third kappa shape index (κ3) is 4.29. The first-order valence-corrected chi connectivity index (χ1v) is 10.4. The summed E-state index contributed by atoms with van der Waals surface area (Å²) in [5.74, 6) is -0.195. The number of aromatic nitrogens is 2. The Hall–Kier alpha value is -3.65. The van der Waals surface area contributed by atoms with Crippen LogP contribution < -0.4 is 16.0 Å². The van der Waals surface area contributed by atoms with Crippen LogP contribution >= 0.6 is 15.9 Å². The quantitative estimate of drug-likeness (QED) is 0.325. The number of halogens is 1. The van der Waals surface area contributed by atoms with Crippen LogP contribution in [0.3, 0.4) is 0 Å². The minimum Gasteiger partial charge on any atom is -0.355 e. The molecule has 2 aromatic carbocycles. The number of hydrogen-bond acceptors (Lipinski definition) is 4. The number of rotatable bonds is 5. The summed E-state index contributed by atoms with van der Waals surface area (Å²) in [6.45, 7) is 1.97. The molecule has 0 saturated heterocycles. The Kier molecular flexibility index (Phi) is 5.73. The molecule has 7 nitrogen and oxygen atoms in total. The SMILES string of the molecule is CNC(=O)c1cnc(Nc2ccccc2C)c(NC(=O)c2cc3c(Br)cccc3[nH]2)c1. The number of amides is 2. The summed E-state index contributed by atoms with van der Waals surface area (Å²) in [6, 6.07) is 16.8. The molecule has 0 aliphatic rings. The number of carbonyl (C=O) groups is 2. The highest BCUT2D eigenvalue weighted by Gasteiger charge is 2.16. The number of benzene rings is 2. The van der Waals surface area contributed by atoms with Crippen molar-refractivity contribution in [3.05, 3.63) is 82.1 Å². The van der Waals surface area contributed by atoms with Gasteiger partial charge < -0.3 is 20.9 Å². The van der Waals surface area contributed by atoms with Crippen LogP contribution in [0.1, 0.15) is 26.4 Å². The number of aryl methyl sites for hydroxylation is 1. The Morgan fingerprint density at radius 2 is 1.81 bits per heavy atom. The molecule has 0 aliphatic heterocycles. The van der Waals surface area contributed by atoms with Gasteiger partial charge in [-0.15, -0.1) is 0 Å². The highest BCUT2D eigenvalue weighted by molar-refractivity contribution is 9.10. The number of nitrogens with zero attached hydrogens (tertiary/aromatic N) is 1. The van der Waals surface area contributed by atoms with Crippen LogP contribution in [0.15, 0.2) is 65.3 Å². The number of para-hydroxylation sites is 1. The van der Waals surface area contributed by atoms with Crippen LogP contribution in [-0.2, 0) is 0 Å². The van der Waals surface area contributed by atoms with Crippen LogP contribution in [-0.4, -0.2) is 28.8 Å². The molecule has 156 valence electrons. The number of hydrogen-bond donors (Lipinski definition) is 4. The predicted molar refractivity (Wildman–Crippen MR) is 126 cm³/mol. The second-order valence-corrected chi connectivity index (χ2v) is 7.83. The average Bonchev–Trinajstić information content (AvgIpc) is 3.22. The zero-order chi connectivity index (χ0) is 22.0. The van der Waals surface area contributed by atoms with Crippen molar-refractivity contribution < 1.29 is 9.59 Å². The number of aromatic amines is 1. The van der Waals surface area contributed by atoms with Crippen molar-refractivity contribution in [3.63, 3.8) is 0 Å². The van der Waals surface area contributed by atoms with Crippen molar-refractivity contribution in [2.45, 2.75) is 6.92 Å². The minimum absolute atomic E-state index is 0.292. The van der Waals surface area contributed by atoms with Crippen molar-refractivity contribution in [2.24, 2.45) is 0 Å². The maximum absolute atomic E-state index is 13.0. The molecule has 8 heteroatoms. The fourth-order valence-corrected chi connectivity index (χ4v) is 3.68. The molecule has 4 N–H and O–H groups in total. The summed E-state index contributed by atoms with van der Waals surface area (Å²) in [7, 11) is 1.54. The number of anilines is 3. The average molecular weight is 478 g/mol. The molecule has 4 aromatic rings. The van der Waals surface area contributed by atoms with Crippen molar-refractivity contribution in [1.29, 1.82) is 0 Å². The highest BCUT2D eigenvalue weighted by Crippen LogP contribution is 2.28. The monoisotopic (exact) mass is 477 g/mol. The van der Waals surface area contributed by atoms with Gasteiger partial charge in [-0.2, -0.15) is 0 Å². The first-order chi connectivity index (χ1) is 15.0. The Morgan fingerprint density at radius 3 is 2.55 bits per heavy atom. The summed E-state index contributed by atoms with van der Waals surface area (Å²) in [5, 5.41) is 9.60. The van der Waals surface area contributed by atoms with E-state index in [2.05, 4.69) is 41.8 Å². The van der Waals surface area contributed by atoms with Gasteiger partial charge in [-0.3, -0.25) is 9.59 Å². The lowest BCUT2D eigenvalue weighted by Crippen LogP contribution is -2.20. The molecule has 0 radical (unpaired) electrons. The van der Waals surface area contributed by atoms with E-state index in [0.29, 0.717) is 22.8 Å². The fraction of sp³-hybridized carbons (Fsp3) is 0.0870. The number of carbonyl (C=O) groups excluding carboxylic acids is 2. The van der Waals surface area contributed by atoms with E-state index in [9.17, 15) is 9.59 Å². The van der Waals surface area contributed by atoms with Crippen LogP contribution in [0.2, 0.25) is 0 Å². The first kappa shape index (κ1) is 20.6. The number of fused-ring (bicyclic) bond motifs is 1. The third-order valence-corrected chi connectivity index (χ3v) is 5.57. The van der Waals surface area contributed by atoms with Gasteiger partial charge in [0.25, 0.3) is 11.8 Å². The van der Waals surface area contributed by atoms with Gasteiger partial charge >= 0.3 is 0 Å². The van der Waals surface area contributed by atoms with E-state index in [-0.39, 0.29) is 11.8 Å². The molecule has 0 fully saturated rings. The first-order valence-electron chi connectivity index (χ1n) is 9.59. The van der Waals surface area contributed by atoms with Gasteiger partial charge in [0, 0.05) is 34.3 Å². The second-order valence-electron chi connectivity index (χ2n) is 6.98. The lowest BCUT2D eigenvalue weighted by atomic mass is 10.2. The molecule has 4 rings (SSSR count). The molecular weight excluding hydrogens is 458 g/mol. The Labute approximate surface area is 187 Å². The van der Waals surface area contributed by atoms with Crippen molar-refractivity contribution in [2.75, 3.05) is 17.7 Å². The van der Waals surface area contributed by atoms with Crippen molar-refractivity contribution in [3.8, 4) is 0 Å². The zero-order valence-electron chi connectivity index (χ0n) is 16.9. The predicted octanol–water partition coefficient (Wildman–Crippen LogP) is 4.99. The van der Waals surface area contributed by atoms with E-state index >= 15 is 0 Å². The maximum Gasteiger partial charge on any atom is 0.272 e. The fourth-order valence-electron chi connectivity index (χ4n) is 3.20. The topological polar surface area (TPSA) is 98.9 Å². The standard InChI is InChI=1S/C23H20BrN5O2/c1-13-6-3-4-8-17(13)28-21-19(10-14(12-26-21)22(30)25-2)29-23(31)20-11-15-16(24)7-5-9-18(15)27-20/h3-12,27H,1-2H3,(H,25,30)(H,26,28)(H,29,31). The Bertz CT molecular complexity index is 1300. The van der Waals surface area contributed by atoms with Gasteiger partial charge in [0.1, 0.15) is 5.69 Å². The van der Waals surface area contributed by atoms with E-state index in [1.807, 2.05) is 49.4 Å². The van der Waals surface area contributed by atoms with Gasteiger partial charge in [0.2, 0.25) is 0 Å². The van der Waals surface area contributed by atoms with Crippen LogP contribution in [0.5, 0.6) is 0 Å². The number of H-pyrrole nitrogens is 1. The number of pyridine rings is 1. The zero-order valence-corrected chi connectivity index (χ0v) is 18.5. The maximum atomic E-state index is 13.0. The molecule has 0 saturated carbocycles. The van der Waals surface area contributed by atoms with E-state index < -0.39 is 0 Å². The van der Waals surface area contributed by atoms with E-state index in [1.165, 1.54) is 6.20 Å². The van der Waals surface area contributed by atoms with Gasteiger partial charge in [0.05, 0.1) is 11.3 Å². The molecule has 2 heterocycles. The van der Waals surface area contributed by atoms with Crippen LogP contribution in [0, 0.1) is 6.92 Å². The Balaban J connectivity index is 1.70.